The largest absolute Gasteiger partial charge is 0.468 e. The van der Waals surface area contributed by atoms with Crippen molar-refractivity contribution in [2.24, 2.45) is 10.9 Å². The SMILES string of the molecule is COC(=O)C1C(C)=NC(C)=C(C(=O)OCC=Cc2ccc(Cn3ccnc3)cc2)C1c1cccc(F)c1. The van der Waals surface area contributed by atoms with E-state index in [2.05, 4.69) is 9.98 Å². The number of allylic oxidation sites excluding steroid dienone is 1. The van der Waals surface area contributed by atoms with Crippen LogP contribution in [-0.4, -0.2) is 40.9 Å². The summed E-state index contributed by atoms with van der Waals surface area (Å²) in [6.45, 7) is 4.13. The third-order valence-corrected chi connectivity index (χ3v) is 6.24. The Labute approximate surface area is 215 Å². The van der Waals surface area contributed by atoms with Gasteiger partial charge >= 0.3 is 11.9 Å². The molecule has 4 rings (SSSR count). The minimum atomic E-state index is -0.866. The number of carbonyl (C=O) groups is 2. The highest BCUT2D eigenvalue weighted by atomic mass is 19.1. The summed E-state index contributed by atoms with van der Waals surface area (Å²) >= 11 is 0. The molecule has 0 N–H and O–H groups in total. The third-order valence-electron chi connectivity index (χ3n) is 6.24. The maximum atomic E-state index is 14.1. The first-order valence-corrected chi connectivity index (χ1v) is 11.8. The number of halogens is 1. The topological polar surface area (TPSA) is 82.8 Å². The monoisotopic (exact) mass is 501 g/mol. The van der Waals surface area contributed by atoms with E-state index in [4.69, 9.17) is 9.47 Å². The molecular formula is C29H28FN3O4. The van der Waals surface area contributed by atoms with Gasteiger partial charge in [0, 0.05) is 36.3 Å². The van der Waals surface area contributed by atoms with Crippen LogP contribution in [0.5, 0.6) is 0 Å². The number of imidazole rings is 1. The molecule has 1 aliphatic rings. The van der Waals surface area contributed by atoms with Gasteiger partial charge in [-0.05, 0) is 48.7 Å². The van der Waals surface area contributed by atoms with E-state index in [-0.39, 0.29) is 12.2 Å². The smallest absolute Gasteiger partial charge is 0.336 e. The van der Waals surface area contributed by atoms with Crippen molar-refractivity contribution < 1.29 is 23.5 Å². The Morgan fingerprint density at radius 2 is 1.92 bits per heavy atom. The van der Waals surface area contributed by atoms with Crippen molar-refractivity contribution in [2.75, 3.05) is 13.7 Å². The van der Waals surface area contributed by atoms with Gasteiger partial charge in [0.25, 0.3) is 0 Å². The fraction of sp³-hybridized carbons (Fsp3) is 0.241. The molecular weight excluding hydrogens is 473 g/mol. The zero-order valence-corrected chi connectivity index (χ0v) is 20.9. The first-order valence-electron chi connectivity index (χ1n) is 11.8. The summed E-state index contributed by atoms with van der Waals surface area (Å²) in [5.74, 6) is -3.28. The van der Waals surface area contributed by atoms with Crippen LogP contribution < -0.4 is 0 Å². The van der Waals surface area contributed by atoms with Crippen LogP contribution in [0.1, 0.15) is 36.5 Å². The van der Waals surface area contributed by atoms with E-state index in [0.29, 0.717) is 17.0 Å². The van der Waals surface area contributed by atoms with E-state index in [0.717, 1.165) is 17.7 Å². The lowest BCUT2D eigenvalue weighted by molar-refractivity contribution is -0.143. The molecule has 2 aromatic carbocycles. The number of hydrogen-bond donors (Lipinski definition) is 0. The maximum absolute atomic E-state index is 14.1. The first-order chi connectivity index (χ1) is 17.9. The van der Waals surface area contributed by atoms with Crippen LogP contribution in [0.25, 0.3) is 6.08 Å². The molecule has 8 heteroatoms. The molecule has 0 radical (unpaired) electrons. The summed E-state index contributed by atoms with van der Waals surface area (Å²) in [6.07, 6.45) is 9.02. The molecule has 0 bridgehead atoms. The summed E-state index contributed by atoms with van der Waals surface area (Å²) in [5, 5.41) is 0. The number of methoxy groups -OCH3 is 1. The van der Waals surface area contributed by atoms with Crippen molar-refractivity contribution >= 4 is 23.7 Å². The van der Waals surface area contributed by atoms with E-state index in [1.165, 1.54) is 19.2 Å². The fourth-order valence-corrected chi connectivity index (χ4v) is 4.51. The second-order valence-corrected chi connectivity index (χ2v) is 8.76. The Morgan fingerprint density at radius 3 is 2.59 bits per heavy atom. The number of nitrogens with zero attached hydrogens (tertiary/aromatic N) is 3. The number of ether oxygens (including phenoxy) is 2. The van der Waals surface area contributed by atoms with Crippen molar-refractivity contribution in [3.8, 4) is 0 Å². The van der Waals surface area contributed by atoms with Crippen LogP contribution in [0.3, 0.4) is 0 Å². The Bertz CT molecular complexity index is 1360. The van der Waals surface area contributed by atoms with Crippen LogP contribution >= 0.6 is 0 Å². The van der Waals surface area contributed by atoms with Gasteiger partial charge in [-0.3, -0.25) is 9.79 Å². The van der Waals surface area contributed by atoms with E-state index >= 15 is 0 Å². The standard InChI is InChI=1S/C29H28FN3O4/c1-19-25(28(34)36-3)27(23-7-4-8-24(30)16-23)26(20(2)32-19)29(35)37-15-5-6-21-9-11-22(12-10-21)17-33-14-13-31-18-33/h4-14,16,18,25,27H,15,17H2,1-3H3. The van der Waals surface area contributed by atoms with Gasteiger partial charge in [-0.2, -0.15) is 0 Å². The molecule has 7 nitrogen and oxygen atoms in total. The molecule has 190 valence electrons. The van der Waals surface area contributed by atoms with Crippen LogP contribution in [-0.2, 0) is 25.6 Å². The Balaban J connectivity index is 1.48. The van der Waals surface area contributed by atoms with Gasteiger partial charge in [0.05, 0.1) is 19.0 Å². The van der Waals surface area contributed by atoms with Gasteiger partial charge in [-0.1, -0.05) is 42.5 Å². The van der Waals surface area contributed by atoms with Crippen LogP contribution in [0, 0.1) is 11.7 Å². The number of hydrogen-bond acceptors (Lipinski definition) is 6. The third kappa shape index (κ3) is 6.09. The van der Waals surface area contributed by atoms with E-state index in [9.17, 15) is 14.0 Å². The zero-order valence-electron chi connectivity index (χ0n) is 20.9. The summed E-state index contributed by atoms with van der Waals surface area (Å²) in [6, 6.07) is 13.9. The van der Waals surface area contributed by atoms with Crippen LogP contribution in [0.2, 0.25) is 0 Å². The van der Waals surface area contributed by atoms with Crippen molar-refractivity contribution in [2.45, 2.75) is 26.3 Å². The van der Waals surface area contributed by atoms with E-state index < -0.39 is 29.6 Å². The molecule has 2 unspecified atom stereocenters. The maximum Gasteiger partial charge on any atom is 0.336 e. The van der Waals surface area contributed by atoms with Gasteiger partial charge in [0.15, 0.2) is 0 Å². The first kappa shape index (κ1) is 25.8. The van der Waals surface area contributed by atoms with Gasteiger partial charge in [0.2, 0.25) is 0 Å². The van der Waals surface area contributed by atoms with Gasteiger partial charge in [-0.25, -0.2) is 14.2 Å². The van der Waals surface area contributed by atoms with Crippen molar-refractivity contribution in [1.29, 1.82) is 0 Å². The van der Waals surface area contributed by atoms with E-state index in [1.54, 1.807) is 44.6 Å². The second kappa shape index (κ2) is 11.6. The average molecular weight is 502 g/mol. The van der Waals surface area contributed by atoms with Gasteiger partial charge in [-0.15, -0.1) is 0 Å². The summed E-state index contributed by atoms with van der Waals surface area (Å²) in [5.41, 5.74) is 3.70. The number of aliphatic imine (C=N–C) groups is 1. The number of aromatic nitrogens is 2. The van der Waals surface area contributed by atoms with Crippen molar-refractivity contribution in [3.05, 3.63) is 107 Å². The molecule has 1 aliphatic heterocycles. The highest BCUT2D eigenvalue weighted by Crippen LogP contribution is 2.40. The van der Waals surface area contributed by atoms with Gasteiger partial charge < -0.3 is 14.0 Å². The second-order valence-electron chi connectivity index (χ2n) is 8.76. The number of benzene rings is 2. The molecule has 0 spiro atoms. The quantitative estimate of drug-likeness (QED) is 0.408. The molecule has 0 saturated heterocycles. The van der Waals surface area contributed by atoms with Crippen LogP contribution in [0.4, 0.5) is 4.39 Å². The number of rotatable bonds is 8. The Morgan fingerprint density at radius 1 is 1.14 bits per heavy atom. The minimum absolute atomic E-state index is 0.0217. The number of carbonyl (C=O) groups excluding carboxylic acids is 2. The molecule has 2 atom stereocenters. The lowest BCUT2D eigenvalue weighted by Gasteiger charge is -2.31. The lowest BCUT2D eigenvalue weighted by atomic mass is 9.75. The molecule has 3 aromatic rings. The molecule has 37 heavy (non-hydrogen) atoms. The van der Waals surface area contributed by atoms with E-state index in [1.807, 2.05) is 41.1 Å². The van der Waals surface area contributed by atoms with Crippen molar-refractivity contribution in [3.63, 3.8) is 0 Å². The molecule has 0 aliphatic carbocycles. The molecule has 0 fully saturated rings. The van der Waals surface area contributed by atoms with Crippen molar-refractivity contribution in [1.82, 2.24) is 9.55 Å². The Hall–Kier alpha value is -4.33. The Kier molecular flexibility index (Phi) is 8.08. The summed E-state index contributed by atoms with van der Waals surface area (Å²) in [7, 11) is 1.27. The zero-order chi connectivity index (χ0) is 26.4. The molecule has 0 saturated carbocycles. The summed E-state index contributed by atoms with van der Waals surface area (Å²) < 4.78 is 26.6. The summed E-state index contributed by atoms with van der Waals surface area (Å²) in [4.78, 5) is 34.3. The predicted octanol–water partition coefficient (Wildman–Crippen LogP) is 4.95. The normalized spacial score (nSPS) is 17.6. The van der Waals surface area contributed by atoms with Gasteiger partial charge in [0.1, 0.15) is 18.3 Å². The highest BCUT2D eigenvalue weighted by Gasteiger charge is 2.42. The predicted molar refractivity (Wildman–Crippen MR) is 138 cm³/mol. The molecule has 2 heterocycles. The van der Waals surface area contributed by atoms with Crippen LogP contribution in [0.15, 0.2) is 89.6 Å². The number of esters is 2. The minimum Gasteiger partial charge on any atom is -0.468 e. The highest BCUT2D eigenvalue weighted by molar-refractivity contribution is 6.07. The lowest BCUT2D eigenvalue weighted by Crippen LogP contribution is -2.36. The fourth-order valence-electron chi connectivity index (χ4n) is 4.51. The molecule has 1 aromatic heterocycles. The molecule has 0 amide bonds. The average Bonchev–Trinajstić information content (AvgIpc) is 3.39.